The van der Waals surface area contributed by atoms with Crippen LogP contribution in [0.25, 0.3) is 0 Å². The second-order valence-corrected chi connectivity index (χ2v) is 5.14. The Morgan fingerprint density at radius 2 is 1.92 bits per heavy atom. The average molecular weight is 205 g/mol. The van der Waals surface area contributed by atoms with Crippen LogP contribution in [0, 0.1) is 17.3 Å². The lowest BCUT2D eigenvalue weighted by Crippen LogP contribution is -1.89. The SMILES string of the molecule is C=C(C)C1C(C=C(Cl)Cl)C1(C)C. The topological polar surface area (TPSA) is 0 Å². The van der Waals surface area contributed by atoms with Crippen LogP contribution in [-0.2, 0) is 0 Å². The Balaban J connectivity index is 2.73. The summed E-state index contributed by atoms with van der Waals surface area (Å²) < 4.78 is 0.372. The van der Waals surface area contributed by atoms with Crippen LogP contribution < -0.4 is 0 Å². The summed E-state index contributed by atoms with van der Waals surface area (Å²) in [4.78, 5) is 0. The van der Waals surface area contributed by atoms with E-state index < -0.39 is 0 Å². The maximum Gasteiger partial charge on any atom is 0.103 e. The zero-order chi connectivity index (χ0) is 9.52. The van der Waals surface area contributed by atoms with Gasteiger partial charge in [-0.1, -0.05) is 49.2 Å². The van der Waals surface area contributed by atoms with Crippen LogP contribution >= 0.6 is 23.2 Å². The number of halogens is 2. The Morgan fingerprint density at radius 1 is 1.42 bits per heavy atom. The van der Waals surface area contributed by atoms with Gasteiger partial charge in [0.15, 0.2) is 0 Å². The zero-order valence-corrected chi connectivity index (χ0v) is 9.21. The predicted molar refractivity (Wildman–Crippen MR) is 55.4 cm³/mol. The largest absolute Gasteiger partial charge is 0.103 e. The molecule has 68 valence electrons. The molecule has 1 rings (SSSR count). The minimum atomic E-state index is 0.293. The Bertz CT molecular complexity index is 234. The molecule has 0 aromatic rings. The number of hydrogen-bond donors (Lipinski definition) is 0. The lowest BCUT2D eigenvalue weighted by molar-refractivity contribution is 0.578. The van der Waals surface area contributed by atoms with Crippen molar-refractivity contribution in [2.24, 2.45) is 17.3 Å². The zero-order valence-electron chi connectivity index (χ0n) is 7.70. The summed E-state index contributed by atoms with van der Waals surface area (Å²) in [6.07, 6.45) is 1.92. The number of rotatable bonds is 2. The molecule has 1 fully saturated rings. The normalized spacial score (nSPS) is 31.1. The van der Waals surface area contributed by atoms with Crippen LogP contribution in [0.5, 0.6) is 0 Å². The minimum Gasteiger partial charge on any atom is -0.0998 e. The molecule has 0 aliphatic heterocycles. The summed E-state index contributed by atoms with van der Waals surface area (Å²) >= 11 is 11.2. The minimum absolute atomic E-state index is 0.293. The van der Waals surface area contributed by atoms with Gasteiger partial charge in [0.05, 0.1) is 0 Å². The first-order chi connectivity index (χ1) is 5.37. The number of hydrogen-bond acceptors (Lipinski definition) is 0. The average Bonchev–Trinajstić information content (AvgIpc) is 2.32. The quantitative estimate of drug-likeness (QED) is 0.594. The fourth-order valence-electron chi connectivity index (χ4n) is 2.07. The lowest BCUT2D eigenvalue weighted by Gasteiger charge is -1.99. The standard InChI is InChI=1S/C10H14Cl2/c1-6(2)9-7(5-8(11)12)10(9,3)4/h5,7,9H,1H2,2-4H3. The molecule has 1 saturated carbocycles. The van der Waals surface area contributed by atoms with E-state index in [1.165, 1.54) is 5.57 Å². The van der Waals surface area contributed by atoms with Crippen molar-refractivity contribution in [2.45, 2.75) is 20.8 Å². The van der Waals surface area contributed by atoms with Crippen molar-refractivity contribution in [3.05, 3.63) is 22.7 Å². The van der Waals surface area contributed by atoms with Gasteiger partial charge in [-0.25, -0.2) is 0 Å². The van der Waals surface area contributed by atoms with Crippen molar-refractivity contribution in [3.63, 3.8) is 0 Å². The van der Waals surface area contributed by atoms with Crippen molar-refractivity contribution < 1.29 is 0 Å². The van der Waals surface area contributed by atoms with Crippen LogP contribution in [0.3, 0.4) is 0 Å². The van der Waals surface area contributed by atoms with E-state index in [9.17, 15) is 0 Å². The van der Waals surface area contributed by atoms with Gasteiger partial charge in [0.2, 0.25) is 0 Å². The molecule has 2 heteroatoms. The van der Waals surface area contributed by atoms with Gasteiger partial charge in [0.1, 0.15) is 4.49 Å². The summed E-state index contributed by atoms with van der Waals surface area (Å²) in [5.41, 5.74) is 1.51. The summed E-state index contributed by atoms with van der Waals surface area (Å²) in [6.45, 7) is 10.4. The molecule has 0 aromatic heterocycles. The van der Waals surface area contributed by atoms with Crippen LogP contribution in [-0.4, -0.2) is 0 Å². The molecule has 1 aliphatic carbocycles. The first kappa shape index (κ1) is 10.1. The Hall–Kier alpha value is 0.0600. The van der Waals surface area contributed by atoms with Gasteiger partial charge in [-0.05, 0) is 30.3 Å². The Morgan fingerprint density at radius 3 is 2.17 bits per heavy atom. The maximum atomic E-state index is 5.61. The van der Waals surface area contributed by atoms with E-state index in [1.807, 2.05) is 6.08 Å². The van der Waals surface area contributed by atoms with Gasteiger partial charge in [0, 0.05) is 0 Å². The second-order valence-electron chi connectivity index (χ2n) is 4.13. The molecule has 2 atom stereocenters. The summed E-state index contributed by atoms with van der Waals surface area (Å²) in [5.74, 6) is 1.02. The third kappa shape index (κ3) is 1.70. The van der Waals surface area contributed by atoms with E-state index in [0.717, 1.165) is 0 Å². The van der Waals surface area contributed by atoms with E-state index in [0.29, 0.717) is 21.7 Å². The van der Waals surface area contributed by atoms with E-state index in [4.69, 9.17) is 23.2 Å². The van der Waals surface area contributed by atoms with E-state index in [1.54, 1.807) is 0 Å². The second kappa shape index (κ2) is 3.08. The first-order valence-corrected chi connectivity index (χ1v) is 4.81. The van der Waals surface area contributed by atoms with Crippen molar-refractivity contribution in [1.29, 1.82) is 0 Å². The van der Waals surface area contributed by atoms with Gasteiger partial charge in [-0.15, -0.1) is 0 Å². The molecule has 2 unspecified atom stereocenters. The van der Waals surface area contributed by atoms with E-state index in [2.05, 4.69) is 27.4 Å². The van der Waals surface area contributed by atoms with Crippen molar-refractivity contribution in [1.82, 2.24) is 0 Å². The Labute approximate surface area is 84.2 Å². The third-order valence-electron chi connectivity index (χ3n) is 2.75. The third-order valence-corrected chi connectivity index (χ3v) is 3.00. The van der Waals surface area contributed by atoms with Gasteiger partial charge in [0.25, 0.3) is 0 Å². The van der Waals surface area contributed by atoms with Crippen LogP contribution in [0.1, 0.15) is 20.8 Å². The highest BCUT2D eigenvalue weighted by atomic mass is 35.5. The van der Waals surface area contributed by atoms with E-state index in [-0.39, 0.29) is 0 Å². The highest BCUT2D eigenvalue weighted by molar-refractivity contribution is 6.55. The van der Waals surface area contributed by atoms with Crippen LogP contribution in [0.4, 0.5) is 0 Å². The molecule has 12 heavy (non-hydrogen) atoms. The first-order valence-electron chi connectivity index (χ1n) is 4.05. The van der Waals surface area contributed by atoms with Gasteiger partial charge < -0.3 is 0 Å². The summed E-state index contributed by atoms with van der Waals surface area (Å²) in [7, 11) is 0. The van der Waals surface area contributed by atoms with Gasteiger partial charge in [-0.2, -0.15) is 0 Å². The van der Waals surface area contributed by atoms with Gasteiger partial charge >= 0.3 is 0 Å². The fourth-order valence-corrected chi connectivity index (χ4v) is 2.34. The number of allylic oxidation sites excluding steroid dienone is 2. The smallest absolute Gasteiger partial charge is 0.0998 e. The molecule has 0 amide bonds. The van der Waals surface area contributed by atoms with Crippen LogP contribution in [0.15, 0.2) is 22.7 Å². The highest BCUT2D eigenvalue weighted by Gasteiger charge is 2.56. The molecule has 0 radical (unpaired) electrons. The molecule has 0 aromatic carbocycles. The molecule has 0 saturated heterocycles. The monoisotopic (exact) mass is 204 g/mol. The molecule has 0 nitrogen and oxygen atoms in total. The molecule has 0 spiro atoms. The van der Waals surface area contributed by atoms with Crippen molar-refractivity contribution in [3.8, 4) is 0 Å². The van der Waals surface area contributed by atoms with E-state index >= 15 is 0 Å². The molecule has 0 heterocycles. The molecular weight excluding hydrogens is 191 g/mol. The van der Waals surface area contributed by atoms with Crippen LogP contribution in [0.2, 0.25) is 0 Å². The summed E-state index contributed by atoms with van der Waals surface area (Å²) in [5, 5.41) is 0. The predicted octanol–water partition coefficient (Wildman–Crippen LogP) is 4.15. The Kier molecular flexibility index (Phi) is 2.60. The van der Waals surface area contributed by atoms with Crippen molar-refractivity contribution >= 4 is 23.2 Å². The molecule has 1 aliphatic rings. The summed E-state index contributed by atoms with van der Waals surface area (Å²) in [6, 6.07) is 0. The highest BCUT2D eigenvalue weighted by Crippen LogP contribution is 2.62. The molecular formula is C10H14Cl2. The van der Waals surface area contributed by atoms with Gasteiger partial charge in [-0.3, -0.25) is 0 Å². The molecule has 0 N–H and O–H groups in total. The molecule has 0 bridgehead atoms. The fraction of sp³-hybridized carbons (Fsp3) is 0.600. The lowest BCUT2D eigenvalue weighted by atomic mass is 10.1. The van der Waals surface area contributed by atoms with Crippen molar-refractivity contribution in [2.75, 3.05) is 0 Å². The maximum absolute atomic E-state index is 5.61.